The molecular weight excluding hydrogens is 591 g/mol. The van der Waals surface area contributed by atoms with Crippen LogP contribution >= 0.6 is 7.82 Å². The van der Waals surface area contributed by atoms with Gasteiger partial charge < -0.3 is 14.4 Å². The second-order valence-corrected chi connectivity index (χ2v) is 14.3. The summed E-state index contributed by atoms with van der Waals surface area (Å²) in [6, 6.07) is 0. The van der Waals surface area contributed by atoms with Gasteiger partial charge in [-0.2, -0.15) is 0 Å². The van der Waals surface area contributed by atoms with Crippen LogP contribution in [-0.4, -0.2) is 43.3 Å². The van der Waals surface area contributed by atoms with Crippen LogP contribution in [0.2, 0.25) is 0 Å². The first-order chi connectivity index (χ1) is 21.8. The Morgan fingerprint density at radius 3 is 1.22 bits per heavy atom. The third-order valence-electron chi connectivity index (χ3n) is 8.35. The van der Waals surface area contributed by atoms with Crippen molar-refractivity contribution < 1.29 is 37.6 Å². The Hall–Kier alpha value is -0.950. The Balaban J connectivity index is 3.98. The summed E-state index contributed by atoms with van der Waals surface area (Å²) in [5, 5.41) is 0. The van der Waals surface area contributed by atoms with Crippen molar-refractivity contribution in [2.24, 2.45) is 0 Å². The number of hydrogen-bond donors (Lipinski definition) is 1. The van der Waals surface area contributed by atoms with E-state index >= 15 is 0 Å². The van der Waals surface area contributed by atoms with Crippen LogP contribution in [0, 0.1) is 0 Å². The molecule has 45 heavy (non-hydrogen) atoms. The zero-order valence-electron chi connectivity index (χ0n) is 29.5. The number of phosphoric acid groups is 1. The molecule has 0 spiro atoms. The molecule has 268 valence electrons. The lowest BCUT2D eigenvalue weighted by atomic mass is 10.0. The number of unbranched alkanes of at least 4 members (excludes halogenated alkanes) is 24. The smallest absolute Gasteiger partial charge is 0.462 e. The molecule has 0 fully saturated rings. The summed E-state index contributed by atoms with van der Waals surface area (Å²) in [5.41, 5.74) is 0. The van der Waals surface area contributed by atoms with E-state index in [0.29, 0.717) is 6.42 Å². The van der Waals surface area contributed by atoms with Crippen LogP contribution in [0.3, 0.4) is 0 Å². The van der Waals surface area contributed by atoms with Gasteiger partial charge >= 0.3 is 19.8 Å². The Morgan fingerprint density at radius 1 is 0.533 bits per heavy atom. The van der Waals surface area contributed by atoms with Gasteiger partial charge in [0.15, 0.2) is 6.10 Å². The van der Waals surface area contributed by atoms with E-state index in [-0.39, 0.29) is 19.0 Å². The van der Waals surface area contributed by atoms with E-state index in [2.05, 4.69) is 18.4 Å². The van der Waals surface area contributed by atoms with Crippen molar-refractivity contribution in [3.63, 3.8) is 0 Å². The fourth-order valence-corrected chi connectivity index (χ4v) is 5.88. The maximum atomic E-state index is 12.4. The van der Waals surface area contributed by atoms with Crippen LogP contribution in [0.1, 0.15) is 194 Å². The first kappa shape index (κ1) is 44.0. The first-order valence-corrected chi connectivity index (χ1v) is 20.2. The predicted octanol–water partition coefficient (Wildman–Crippen LogP) is 11.2. The molecule has 0 rings (SSSR count). The highest BCUT2D eigenvalue weighted by Crippen LogP contribution is 2.42. The van der Waals surface area contributed by atoms with Crippen LogP contribution in [0.5, 0.6) is 0 Å². The van der Waals surface area contributed by atoms with Gasteiger partial charge in [0, 0.05) is 20.0 Å². The second-order valence-electron chi connectivity index (χ2n) is 12.7. The summed E-state index contributed by atoms with van der Waals surface area (Å²) >= 11 is 0. The van der Waals surface area contributed by atoms with E-state index in [1.165, 1.54) is 128 Å². The minimum Gasteiger partial charge on any atom is -0.462 e. The first-order valence-electron chi connectivity index (χ1n) is 18.7. The van der Waals surface area contributed by atoms with Gasteiger partial charge in [-0.25, -0.2) is 4.57 Å². The Morgan fingerprint density at radius 2 is 0.867 bits per heavy atom. The van der Waals surface area contributed by atoms with Gasteiger partial charge in [-0.3, -0.25) is 18.6 Å². The highest BCUT2D eigenvalue weighted by Gasteiger charge is 2.24. The molecule has 2 unspecified atom stereocenters. The van der Waals surface area contributed by atoms with E-state index in [1.54, 1.807) is 0 Å². The van der Waals surface area contributed by atoms with E-state index in [4.69, 9.17) is 14.0 Å². The van der Waals surface area contributed by atoms with Crippen LogP contribution in [0.25, 0.3) is 0 Å². The third kappa shape index (κ3) is 32.8. The van der Waals surface area contributed by atoms with E-state index in [9.17, 15) is 19.0 Å². The number of ether oxygens (including phenoxy) is 2. The molecule has 0 aliphatic heterocycles. The van der Waals surface area contributed by atoms with Crippen molar-refractivity contribution in [3.8, 4) is 0 Å². The summed E-state index contributed by atoms with van der Waals surface area (Å²) in [7, 11) is -3.18. The molecule has 0 heterocycles. The van der Waals surface area contributed by atoms with Crippen molar-refractivity contribution >= 4 is 19.8 Å². The van der Waals surface area contributed by atoms with Crippen LogP contribution in [0.15, 0.2) is 0 Å². The molecule has 1 N–H and O–H groups in total. The molecule has 0 aliphatic carbocycles. The zero-order chi connectivity index (χ0) is 33.3. The van der Waals surface area contributed by atoms with Crippen LogP contribution < -0.4 is 0 Å². The standard InChI is InChI=1S/C36H71O8P/c1-4-6-8-10-12-14-15-16-17-18-19-20-21-23-25-27-29-31-36(38)44-34(33-43-45(39,40)41-3)32-42-35(37)30-28-26-24-22-13-11-9-7-5-2/h34H,4-33H2,1-3H3,(H,39,40). The van der Waals surface area contributed by atoms with Crippen molar-refractivity contribution in [1.82, 2.24) is 0 Å². The van der Waals surface area contributed by atoms with Crippen molar-refractivity contribution in [2.45, 2.75) is 200 Å². The Bertz CT molecular complexity index is 717. The fourth-order valence-electron chi connectivity index (χ4n) is 5.42. The molecule has 0 amide bonds. The molecule has 0 aromatic rings. The summed E-state index contributed by atoms with van der Waals surface area (Å²) in [6.07, 6.45) is 31.6. The predicted molar refractivity (Wildman–Crippen MR) is 184 cm³/mol. The number of hydrogen-bond acceptors (Lipinski definition) is 7. The number of phosphoric ester groups is 1. The molecule has 8 nitrogen and oxygen atoms in total. The van der Waals surface area contributed by atoms with E-state index in [0.717, 1.165) is 45.6 Å². The highest BCUT2D eigenvalue weighted by molar-refractivity contribution is 7.47. The summed E-state index contributed by atoms with van der Waals surface area (Å²) in [4.78, 5) is 34.2. The van der Waals surface area contributed by atoms with Crippen molar-refractivity contribution in [3.05, 3.63) is 0 Å². The fraction of sp³-hybridized carbons (Fsp3) is 0.944. The molecule has 0 saturated carbocycles. The van der Waals surface area contributed by atoms with Crippen molar-refractivity contribution in [1.29, 1.82) is 0 Å². The number of rotatable bonds is 35. The summed E-state index contributed by atoms with van der Waals surface area (Å²) < 4.78 is 31.8. The SMILES string of the molecule is CCCCCCCCCCCCCCCCCCCC(=O)OC(COC(=O)CCCCCCCCCCC)COP(=O)(O)OC. The lowest BCUT2D eigenvalue weighted by molar-refractivity contribution is -0.161. The van der Waals surface area contributed by atoms with Gasteiger partial charge in [0.2, 0.25) is 0 Å². The molecule has 0 bridgehead atoms. The lowest BCUT2D eigenvalue weighted by Crippen LogP contribution is -2.29. The molecule has 0 aliphatic rings. The summed E-state index contributed by atoms with van der Waals surface area (Å²) in [5.74, 6) is -0.796. The lowest BCUT2D eigenvalue weighted by Gasteiger charge is -2.19. The third-order valence-corrected chi connectivity index (χ3v) is 9.29. The molecule has 0 radical (unpaired) electrons. The quantitative estimate of drug-likeness (QED) is 0.0406. The topological polar surface area (TPSA) is 108 Å². The minimum atomic E-state index is -4.24. The second kappa shape index (κ2) is 33.0. The number of carbonyl (C=O) groups is 2. The Labute approximate surface area is 277 Å². The maximum Gasteiger partial charge on any atom is 0.472 e. The van der Waals surface area contributed by atoms with Gasteiger partial charge in [0.05, 0.1) is 6.61 Å². The average molecular weight is 663 g/mol. The van der Waals surface area contributed by atoms with E-state index in [1.807, 2.05) is 0 Å². The normalized spacial score (nSPS) is 13.4. The molecule has 0 aromatic carbocycles. The summed E-state index contributed by atoms with van der Waals surface area (Å²) in [6.45, 7) is 3.87. The maximum absolute atomic E-state index is 12.4. The van der Waals surface area contributed by atoms with Crippen molar-refractivity contribution in [2.75, 3.05) is 20.3 Å². The van der Waals surface area contributed by atoms with Crippen LogP contribution in [0.4, 0.5) is 0 Å². The molecule has 2 atom stereocenters. The minimum absolute atomic E-state index is 0.217. The van der Waals surface area contributed by atoms with Crippen LogP contribution in [-0.2, 0) is 32.7 Å². The monoisotopic (exact) mass is 662 g/mol. The van der Waals surface area contributed by atoms with E-state index < -0.39 is 26.5 Å². The van der Waals surface area contributed by atoms with Gasteiger partial charge in [-0.1, -0.05) is 168 Å². The highest BCUT2D eigenvalue weighted by atomic mass is 31.2. The largest absolute Gasteiger partial charge is 0.472 e. The molecular formula is C36H71O8P. The van der Waals surface area contributed by atoms with Gasteiger partial charge in [-0.15, -0.1) is 0 Å². The van der Waals surface area contributed by atoms with Gasteiger partial charge in [0.1, 0.15) is 6.61 Å². The molecule has 0 aromatic heterocycles. The van der Waals surface area contributed by atoms with Gasteiger partial charge in [0.25, 0.3) is 0 Å². The van der Waals surface area contributed by atoms with Gasteiger partial charge in [-0.05, 0) is 12.8 Å². The average Bonchev–Trinajstić information content (AvgIpc) is 3.03. The molecule has 0 saturated heterocycles. The Kier molecular flexibility index (Phi) is 32.3. The number of carbonyl (C=O) groups excluding carboxylic acids is 2. The molecule has 9 heteroatoms. The zero-order valence-corrected chi connectivity index (χ0v) is 30.4. The number of esters is 2.